The maximum absolute atomic E-state index is 12.3. The third-order valence-corrected chi connectivity index (χ3v) is 3.16. The fraction of sp³-hybridized carbons (Fsp3) is 0.375. The van der Waals surface area contributed by atoms with Crippen LogP contribution in [0.5, 0.6) is 0 Å². The zero-order valence-corrected chi connectivity index (χ0v) is 12.6. The van der Waals surface area contributed by atoms with Gasteiger partial charge in [0.15, 0.2) is 6.04 Å². The fourth-order valence-electron chi connectivity index (χ4n) is 2.15. The van der Waals surface area contributed by atoms with E-state index in [2.05, 4.69) is 24.1 Å². The summed E-state index contributed by atoms with van der Waals surface area (Å²) in [6.07, 6.45) is 3.44. The number of nitrogens with one attached hydrogen (secondary N) is 1. The normalized spacial score (nSPS) is 12.2. The second-order valence-electron chi connectivity index (χ2n) is 5.01. The first-order valence-corrected chi connectivity index (χ1v) is 7.13. The van der Waals surface area contributed by atoms with E-state index < -0.39 is 6.04 Å². The van der Waals surface area contributed by atoms with Gasteiger partial charge >= 0.3 is 5.97 Å². The first-order chi connectivity index (χ1) is 10.1. The summed E-state index contributed by atoms with van der Waals surface area (Å²) in [7, 11) is 0. The molecule has 1 atom stereocenters. The van der Waals surface area contributed by atoms with E-state index in [-0.39, 0.29) is 12.0 Å². The van der Waals surface area contributed by atoms with Gasteiger partial charge in [-0.05, 0) is 32.9 Å². The molecule has 1 N–H and O–H groups in total. The lowest BCUT2D eigenvalue weighted by atomic mass is 10.2. The highest BCUT2D eigenvalue weighted by molar-refractivity contribution is 5.80. The molecule has 0 fully saturated rings. The summed E-state index contributed by atoms with van der Waals surface area (Å²) in [6, 6.07) is 9.26. The number of anilines is 1. The summed E-state index contributed by atoms with van der Waals surface area (Å²) in [5.74, 6) is -0.302. The number of carbonyl (C=O) groups is 1. The average molecular weight is 287 g/mol. The van der Waals surface area contributed by atoms with Gasteiger partial charge < -0.3 is 14.6 Å². The smallest absolute Gasteiger partial charge is 0.334 e. The summed E-state index contributed by atoms with van der Waals surface area (Å²) >= 11 is 0. The molecule has 0 aliphatic rings. The molecule has 0 saturated carbocycles. The topological polar surface area (TPSA) is 56.1 Å². The molecule has 21 heavy (non-hydrogen) atoms. The van der Waals surface area contributed by atoms with Crippen molar-refractivity contribution >= 4 is 11.7 Å². The largest absolute Gasteiger partial charge is 0.464 e. The summed E-state index contributed by atoms with van der Waals surface area (Å²) in [5.41, 5.74) is 1.67. The predicted octanol–water partition coefficient (Wildman–Crippen LogP) is 3.18. The summed E-state index contributed by atoms with van der Waals surface area (Å²) in [5, 5.41) is 3.23. The lowest BCUT2D eigenvalue weighted by Gasteiger charge is -2.21. The van der Waals surface area contributed by atoms with Crippen molar-refractivity contribution in [3.05, 3.63) is 48.5 Å². The second-order valence-corrected chi connectivity index (χ2v) is 5.01. The molecular weight excluding hydrogens is 266 g/mol. The number of para-hydroxylation sites is 1. The summed E-state index contributed by atoms with van der Waals surface area (Å²) in [4.78, 5) is 16.5. The van der Waals surface area contributed by atoms with Crippen LogP contribution in [0.4, 0.5) is 5.69 Å². The van der Waals surface area contributed by atoms with Crippen LogP contribution in [0.2, 0.25) is 0 Å². The Kier molecular flexibility index (Phi) is 4.98. The van der Waals surface area contributed by atoms with Gasteiger partial charge in [-0.3, -0.25) is 0 Å². The molecule has 2 aromatic rings. The van der Waals surface area contributed by atoms with Crippen molar-refractivity contribution in [2.75, 3.05) is 11.9 Å². The molecule has 0 amide bonds. The molecule has 0 saturated heterocycles. The van der Waals surface area contributed by atoms with Crippen molar-refractivity contribution in [1.29, 1.82) is 0 Å². The number of rotatable bonds is 6. The van der Waals surface area contributed by atoms with Crippen molar-refractivity contribution < 1.29 is 9.53 Å². The van der Waals surface area contributed by atoms with E-state index in [0.717, 1.165) is 11.4 Å². The van der Waals surface area contributed by atoms with Gasteiger partial charge in [-0.2, -0.15) is 0 Å². The standard InChI is InChI=1S/C16H21N3O2/c1-4-21-16(20)15(18-13-8-6-5-7-9-13)14-10-17-11-19(14)12(2)3/h5-12,15,18H,4H2,1-3H3. The van der Waals surface area contributed by atoms with Gasteiger partial charge in [-0.25, -0.2) is 9.78 Å². The maximum Gasteiger partial charge on any atom is 0.334 e. The van der Waals surface area contributed by atoms with E-state index in [0.29, 0.717) is 6.61 Å². The molecule has 1 heterocycles. The lowest BCUT2D eigenvalue weighted by molar-refractivity contribution is -0.144. The highest BCUT2D eigenvalue weighted by Crippen LogP contribution is 2.23. The van der Waals surface area contributed by atoms with Crippen molar-refractivity contribution in [3.8, 4) is 0 Å². The van der Waals surface area contributed by atoms with Crippen LogP contribution in [0.1, 0.15) is 38.5 Å². The van der Waals surface area contributed by atoms with E-state index in [9.17, 15) is 4.79 Å². The molecular formula is C16H21N3O2. The van der Waals surface area contributed by atoms with Crippen molar-refractivity contribution in [2.45, 2.75) is 32.9 Å². The SMILES string of the molecule is CCOC(=O)C(Nc1ccccc1)c1cncn1C(C)C. The number of carbonyl (C=O) groups excluding carboxylic acids is 1. The van der Waals surface area contributed by atoms with Crippen LogP contribution in [0.25, 0.3) is 0 Å². The Bertz CT molecular complexity index is 578. The Labute approximate surface area is 125 Å². The van der Waals surface area contributed by atoms with Gasteiger partial charge in [0.2, 0.25) is 0 Å². The molecule has 1 aromatic carbocycles. The molecule has 1 unspecified atom stereocenters. The number of imidazole rings is 1. The van der Waals surface area contributed by atoms with Gasteiger partial charge in [-0.1, -0.05) is 18.2 Å². The minimum Gasteiger partial charge on any atom is -0.464 e. The zero-order valence-electron chi connectivity index (χ0n) is 12.6. The Morgan fingerprint density at radius 3 is 2.67 bits per heavy atom. The minimum absolute atomic E-state index is 0.219. The highest BCUT2D eigenvalue weighted by atomic mass is 16.5. The monoisotopic (exact) mass is 287 g/mol. The van der Waals surface area contributed by atoms with E-state index in [4.69, 9.17) is 4.74 Å². The molecule has 5 heteroatoms. The average Bonchev–Trinajstić information content (AvgIpc) is 2.95. The van der Waals surface area contributed by atoms with Gasteiger partial charge in [0, 0.05) is 11.7 Å². The quantitative estimate of drug-likeness (QED) is 0.829. The Morgan fingerprint density at radius 1 is 1.33 bits per heavy atom. The van der Waals surface area contributed by atoms with Crippen LogP contribution in [0, 0.1) is 0 Å². The molecule has 5 nitrogen and oxygen atoms in total. The van der Waals surface area contributed by atoms with Crippen LogP contribution in [0.3, 0.4) is 0 Å². The van der Waals surface area contributed by atoms with Gasteiger partial charge in [0.05, 0.1) is 24.8 Å². The Hall–Kier alpha value is -2.30. The number of nitrogens with zero attached hydrogens (tertiary/aromatic N) is 2. The Morgan fingerprint density at radius 2 is 2.05 bits per heavy atom. The van der Waals surface area contributed by atoms with E-state index in [1.54, 1.807) is 19.4 Å². The first kappa shape index (κ1) is 15.1. The molecule has 0 aliphatic heterocycles. The number of benzene rings is 1. The Balaban J connectivity index is 2.32. The fourth-order valence-corrected chi connectivity index (χ4v) is 2.15. The first-order valence-electron chi connectivity index (χ1n) is 7.13. The van der Waals surface area contributed by atoms with Crippen LogP contribution in [-0.4, -0.2) is 22.1 Å². The van der Waals surface area contributed by atoms with E-state index >= 15 is 0 Å². The summed E-state index contributed by atoms with van der Waals surface area (Å²) < 4.78 is 7.16. The molecule has 0 spiro atoms. The highest BCUT2D eigenvalue weighted by Gasteiger charge is 2.26. The number of hydrogen-bond acceptors (Lipinski definition) is 4. The number of esters is 1. The molecule has 0 aliphatic carbocycles. The minimum atomic E-state index is -0.572. The molecule has 0 bridgehead atoms. The number of aromatic nitrogens is 2. The van der Waals surface area contributed by atoms with E-state index in [1.165, 1.54) is 0 Å². The summed E-state index contributed by atoms with van der Waals surface area (Å²) in [6.45, 7) is 6.25. The number of hydrogen-bond donors (Lipinski definition) is 1. The van der Waals surface area contributed by atoms with Gasteiger partial charge in [-0.15, -0.1) is 0 Å². The lowest BCUT2D eigenvalue weighted by Crippen LogP contribution is -2.26. The van der Waals surface area contributed by atoms with Crippen LogP contribution in [0.15, 0.2) is 42.9 Å². The van der Waals surface area contributed by atoms with Crippen molar-refractivity contribution in [1.82, 2.24) is 9.55 Å². The molecule has 112 valence electrons. The maximum atomic E-state index is 12.3. The zero-order chi connectivity index (χ0) is 15.2. The van der Waals surface area contributed by atoms with Gasteiger partial charge in [0.25, 0.3) is 0 Å². The molecule has 1 aromatic heterocycles. The van der Waals surface area contributed by atoms with Crippen molar-refractivity contribution in [3.63, 3.8) is 0 Å². The van der Waals surface area contributed by atoms with Crippen LogP contribution >= 0.6 is 0 Å². The third-order valence-electron chi connectivity index (χ3n) is 3.16. The molecule has 0 radical (unpaired) electrons. The van der Waals surface area contributed by atoms with Gasteiger partial charge in [0.1, 0.15) is 0 Å². The second kappa shape index (κ2) is 6.92. The van der Waals surface area contributed by atoms with Crippen LogP contribution in [-0.2, 0) is 9.53 Å². The van der Waals surface area contributed by atoms with Crippen LogP contribution < -0.4 is 5.32 Å². The molecule has 2 rings (SSSR count). The third kappa shape index (κ3) is 3.62. The number of ether oxygens (including phenoxy) is 1. The van der Waals surface area contributed by atoms with Crippen molar-refractivity contribution in [2.24, 2.45) is 0 Å². The van der Waals surface area contributed by atoms with E-state index in [1.807, 2.05) is 34.9 Å². The predicted molar refractivity (Wildman–Crippen MR) is 82.1 cm³/mol.